The van der Waals surface area contributed by atoms with Crippen LogP contribution in [0.15, 0.2) is 76.2 Å². The van der Waals surface area contributed by atoms with Gasteiger partial charge in [-0.1, -0.05) is 30.3 Å². The van der Waals surface area contributed by atoms with Gasteiger partial charge in [-0.05, 0) is 56.2 Å². The number of anilines is 4. The van der Waals surface area contributed by atoms with Crippen molar-refractivity contribution in [2.45, 2.75) is 19.8 Å². The van der Waals surface area contributed by atoms with Crippen molar-refractivity contribution in [2.24, 2.45) is 5.10 Å². The summed E-state index contributed by atoms with van der Waals surface area (Å²) in [5.74, 6) is 2.23. The van der Waals surface area contributed by atoms with Crippen LogP contribution in [-0.4, -0.2) is 46.8 Å². The molecule has 2 aromatic carbocycles. The SMILES string of the molecule is CCOC(=O)c1ccc(-c2ccc(/C=N/Nc3nc(Nc4ccccc4)nc(N4CCCC4)n3)o2)cc1. The minimum Gasteiger partial charge on any atom is -0.462 e. The quantitative estimate of drug-likeness (QED) is 0.185. The topological polar surface area (TPSA) is 118 Å². The number of esters is 1. The van der Waals surface area contributed by atoms with Crippen molar-refractivity contribution >= 4 is 35.7 Å². The number of benzene rings is 2. The molecule has 0 unspecified atom stereocenters. The number of carbonyl (C=O) groups is 1. The second-order valence-corrected chi connectivity index (χ2v) is 8.34. The first-order valence-corrected chi connectivity index (χ1v) is 12.2. The van der Waals surface area contributed by atoms with Gasteiger partial charge < -0.3 is 19.4 Å². The van der Waals surface area contributed by atoms with Gasteiger partial charge in [0.15, 0.2) is 0 Å². The Balaban J connectivity index is 1.28. The van der Waals surface area contributed by atoms with E-state index in [1.165, 1.54) is 0 Å². The van der Waals surface area contributed by atoms with Gasteiger partial charge in [0, 0.05) is 24.3 Å². The van der Waals surface area contributed by atoms with Crippen molar-refractivity contribution in [3.8, 4) is 11.3 Å². The molecule has 37 heavy (non-hydrogen) atoms. The molecule has 10 heteroatoms. The smallest absolute Gasteiger partial charge is 0.338 e. The first-order valence-electron chi connectivity index (χ1n) is 12.2. The fraction of sp³-hybridized carbons (Fsp3) is 0.222. The van der Waals surface area contributed by atoms with E-state index in [4.69, 9.17) is 9.15 Å². The number of para-hydroxylation sites is 1. The van der Waals surface area contributed by atoms with Crippen molar-refractivity contribution in [1.82, 2.24) is 15.0 Å². The van der Waals surface area contributed by atoms with Crippen LogP contribution in [0, 0.1) is 0 Å². The summed E-state index contributed by atoms with van der Waals surface area (Å²) in [6.45, 7) is 3.94. The van der Waals surface area contributed by atoms with Crippen LogP contribution in [0.5, 0.6) is 0 Å². The Hall–Kier alpha value is -4.73. The van der Waals surface area contributed by atoms with E-state index in [1.807, 2.05) is 54.6 Å². The van der Waals surface area contributed by atoms with Crippen molar-refractivity contribution in [3.05, 3.63) is 78.1 Å². The standard InChI is InChI=1S/C27H27N7O3/c1-2-36-24(35)20-12-10-19(11-13-20)23-15-14-22(37-23)18-28-33-26-30-25(29-21-8-4-3-5-9-21)31-27(32-26)34-16-6-7-17-34/h3-5,8-15,18H,2,6-7,16-17H2,1H3,(H2,29,30,31,32,33)/b28-18+. The van der Waals surface area contributed by atoms with Crippen molar-refractivity contribution in [2.75, 3.05) is 35.3 Å². The first kappa shape index (κ1) is 24.0. The summed E-state index contributed by atoms with van der Waals surface area (Å²) in [5, 5.41) is 7.49. The van der Waals surface area contributed by atoms with Crippen molar-refractivity contribution in [3.63, 3.8) is 0 Å². The predicted octanol–water partition coefficient (Wildman–Crippen LogP) is 5.10. The van der Waals surface area contributed by atoms with Crippen molar-refractivity contribution in [1.29, 1.82) is 0 Å². The normalized spacial score (nSPS) is 13.2. The Morgan fingerprint density at radius 1 is 1.00 bits per heavy atom. The van der Waals surface area contributed by atoms with Crippen LogP contribution in [0.3, 0.4) is 0 Å². The van der Waals surface area contributed by atoms with Crippen molar-refractivity contribution < 1.29 is 13.9 Å². The third-order valence-electron chi connectivity index (χ3n) is 5.71. The number of hydrogen-bond acceptors (Lipinski definition) is 10. The minimum atomic E-state index is -0.347. The molecule has 1 saturated heterocycles. The van der Waals surface area contributed by atoms with E-state index in [0.29, 0.717) is 41.5 Å². The lowest BCUT2D eigenvalue weighted by molar-refractivity contribution is 0.0526. The number of ether oxygens (including phenoxy) is 1. The summed E-state index contributed by atoms with van der Waals surface area (Å²) in [4.78, 5) is 27.6. The molecular weight excluding hydrogens is 470 g/mol. The Morgan fingerprint density at radius 2 is 1.76 bits per heavy atom. The third-order valence-corrected chi connectivity index (χ3v) is 5.71. The zero-order valence-corrected chi connectivity index (χ0v) is 20.4. The molecule has 1 aliphatic heterocycles. The molecular formula is C27H27N7O3. The van der Waals surface area contributed by atoms with Gasteiger partial charge in [0.2, 0.25) is 17.8 Å². The Labute approximate surface area is 214 Å². The summed E-state index contributed by atoms with van der Waals surface area (Å²) in [6.07, 6.45) is 3.78. The average Bonchev–Trinajstić information content (AvgIpc) is 3.63. The van der Waals surface area contributed by atoms with Gasteiger partial charge in [0.05, 0.1) is 18.4 Å². The maximum atomic E-state index is 11.8. The maximum absolute atomic E-state index is 11.8. The zero-order chi connectivity index (χ0) is 25.5. The first-order chi connectivity index (χ1) is 18.2. The number of carbonyl (C=O) groups excluding carboxylic acids is 1. The van der Waals surface area contributed by atoms with Crippen LogP contribution in [0.4, 0.5) is 23.5 Å². The number of nitrogens with zero attached hydrogens (tertiary/aromatic N) is 5. The van der Waals surface area contributed by atoms with Gasteiger partial charge >= 0.3 is 5.97 Å². The van der Waals surface area contributed by atoms with E-state index in [2.05, 4.69) is 35.7 Å². The predicted molar refractivity (Wildman–Crippen MR) is 142 cm³/mol. The van der Waals surface area contributed by atoms with Gasteiger partial charge in [-0.25, -0.2) is 10.2 Å². The highest BCUT2D eigenvalue weighted by Crippen LogP contribution is 2.23. The molecule has 0 saturated carbocycles. The van der Waals surface area contributed by atoms with E-state index in [-0.39, 0.29) is 5.97 Å². The Bertz CT molecular complexity index is 1360. The third kappa shape index (κ3) is 6.10. The summed E-state index contributed by atoms with van der Waals surface area (Å²) in [7, 11) is 0. The molecule has 0 aliphatic carbocycles. The number of nitrogens with one attached hydrogen (secondary N) is 2. The fourth-order valence-electron chi connectivity index (χ4n) is 3.90. The summed E-state index contributed by atoms with van der Waals surface area (Å²) < 4.78 is 10.9. The molecule has 3 heterocycles. The van der Waals surface area contributed by atoms with Gasteiger partial charge in [0.1, 0.15) is 11.5 Å². The highest BCUT2D eigenvalue weighted by molar-refractivity contribution is 5.90. The van der Waals surface area contributed by atoms with Gasteiger partial charge in [0.25, 0.3) is 0 Å². The highest BCUT2D eigenvalue weighted by atomic mass is 16.5. The number of hydrazone groups is 1. The summed E-state index contributed by atoms with van der Waals surface area (Å²) >= 11 is 0. The largest absolute Gasteiger partial charge is 0.462 e. The second-order valence-electron chi connectivity index (χ2n) is 8.34. The lowest BCUT2D eigenvalue weighted by Crippen LogP contribution is -2.21. The van der Waals surface area contributed by atoms with E-state index in [0.717, 1.165) is 37.2 Å². The minimum absolute atomic E-state index is 0.327. The fourth-order valence-corrected chi connectivity index (χ4v) is 3.90. The molecule has 1 aliphatic rings. The van der Waals surface area contributed by atoms with Crippen LogP contribution < -0.4 is 15.6 Å². The van der Waals surface area contributed by atoms with Crippen LogP contribution in [0.25, 0.3) is 11.3 Å². The lowest BCUT2D eigenvalue weighted by atomic mass is 10.1. The van der Waals surface area contributed by atoms with Gasteiger partial charge in [-0.15, -0.1) is 0 Å². The molecule has 188 valence electrons. The Kier molecular flexibility index (Phi) is 7.35. The molecule has 0 atom stereocenters. The monoisotopic (exact) mass is 497 g/mol. The van der Waals surface area contributed by atoms with Gasteiger partial charge in [-0.2, -0.15) is 20.1 Å². The highest BCUT2D eigenvalue weighted by Gasteiger charge is 2.17. The molecule has 0 spiro atoms. The molecule has 2 aromatic heterocycles. The number of hydrogen-bond donors (Lipinski definition) is 2. The van der Waals surface area contributed by atoms with Gasteiger partial charge in [-0.3, -0.25) is 0 Å². The van der Waals surface area contributed by atoms with Crippen LogP contribution >= 0.6 is 0 Å². The van der Waals surface area contributed by atoms with E-state index >= 15 is 0 Å². The number of rotatable bonds is 9. The lowest BCUT2D eigenvalue weighted by Gasteiger charge is -2.16. The van der Waals surface area contributed by atoms with E-state index < -0.39 is 0 Å². The second kappa shape index (κ2) is 11.3. The molecule has 0 radical (unpaired) electrons. The molecule has 0 amide bonds. The van der Waals surface area contributed by atoms with Crippen LogP contribution in [0.2, 0.25) is 0 Å². The molecule has 10 nitrogen and oxygen atoms in total. The summed E-state index contributed by atoms with van der Waals surface area (Å²) in [6, 6.07) is 20.5. The number of furan rings is 1. The summed E-state index contributed by atoms with van der Waals surface area (Å²) in [5.41, 5.74) is 5.11. The maximum Gasteiger partial charge on any atom is 0.338 e. The molecule has 0 bridgehead atoms. The molecule has 2 N–H and O–H groups in total. The number of aromatic nitrogens is 3. The van der Waals surface area contributed by atoms with Crippen LogP contribution in [0.1, 0.15) is 35.9 Å². The zero-order valence-electron chi connectivity index (χ0n) is 20.4. The molecule has 4 aromatic rings. The molecule has 1 fully saturated rings. The Morgan fingerprint density at radius 3 is 2.51 bits per heavy atom. The van der Waals surface area contributed by atoms with E-state index in [9.17, 15) is 4.79 Å². The average molecular weight is 498 g/mol. The van der Waals surface area contributed by atoms with Crippen LogP contribution in [-0.2, 0) is 4.74 Å². The van der Waals surface area contributed by atoms with E-state index in [1.54, 1.807) is 25.3 Å². The molecule has 5 rings (SSSR count).